The lowest BCUT2D eigenvalue weighted by molar-refractivity contribution is -0.173. The number of fused-ring (bicyclic) bond motifs is 1. The van der Waals surface area contributed by atoms with Gasteiger partial charge in [0.05, 0.1) is 18.8 Å². The first-order chi connectivity index (χ1) is 12.8. The summed E-state index contributed by atoms with van der Waals surface area (Å²) in [5.41, 5.74) is 0.771. The molecule has 1 amide bonds. The molecular weight excluding hydrogens is 429 g/mol. The van der Waals surface area contributed by atoms with Gasteiger partial charge in [0.25, 0.3) is 5.91 Å². The van der Waals surface area contributed by atoms with Gasteiger partial charge in [0.15, 0.2) is 6.04 Å². The Morgan fingerprint density at radius 1 is 1.41 bits per heavy atom. The molecule has 2 N–H and O–H groups in total. The van der Waals surface area contributed by atoms with Crippen molar-refractivity contribution in [1.29, 1.82) is 0 Å². The lowest BCUT2D eigenvalue weighted by Crippen LogP contribution is -2.36. The number of nitrogens with zero attached hydrogens (tertiary/aromatic N) is 2. The number of benzene rings is 1. The summed E-state index contributed by atoms with van der Waals surface area (Å²) in [4.78, 5) is 12.3. The molecule has 6 nitrogen and oxygen atoms in total. The van der Waals surface area contributed by atoms with E-state index in [1.54, 1.807) is 24.3 Å². The van der Waals surface area contributed by atoms with Gasteiger partial charge in [0.1, 0.15) is 11.4 Å². The van der Waals surface area contributed by atoms with Gasteiger partial charge in [-0.1, -0.05) is 28.1 Å². The number of ether oxygens (including phenoxy) is 1. The van der Waals surface area contributed by atoms with E-state index in [0.717, 1.165) is 15.4 Å². The summed E-state index contributed by atoms with van der Waals surface area (Å²) < 4.78 is 47.4. The maximum Gasteiger partial charge on any atom is 0.410 e. The van der Waals surface area contributed by atoms with Crippen molar-refractivity contribution >= 4 is 27.7 Å². The summed E-state index contributed by atoms with van der Waals surface area (Å²) in [5, 5.41) is 9.49. The number of carbonyl (C=O) groups is 1. The minimum absolute atomic E-state index is 0.0615. The molecule has 0 saturated carbocycles. The average molecular weight is 447 g/mol. The number of methoxy groups -OCH3 is 1. The third-order valence-corrected chi connectivity index (χ3v) is 4.88. The van der Waals surface area contributed by atoms with E-state index in [9.17, 15) is 18.0 Å². The lowest BCUT2D eigenvalue weighted by Gasteiger charge is -2.34. The molecular formula is C17H18BrF3N4O2. The van der Waals surface area contributed by atoms with E-state index in [2.05, 4.69) is 31.7 Å². The normalized spacial score (nSPS) is 19.3. The van der Waals surface area contributed by atoms with E-state index < -0.39 is 24.2 Å². The van der Waals surface area contributed by atoms with Crippen molar-refractivity contribution in [2.45, 2.75) is 24.7 Å². The van der Waals surface area contributed by atoms with E-state index >= 15 is 0 Å². The van der Waals surface area contributed by atoms with E-state index in [0.29, 0.717) is 12.2 Å². The lowest BCUT2D eigenvalue weighted by atomic mass is 9.96. The van der Waals surface area contributed by atoms with Gasteiger partial charge in [-0.05, 0) is 17.7 Å². The van der Waals surface area contributed by atoms with Crippen LogP contribution in [0, 0.1) is 0 Å². The molecule has 1 aliphatic rings. The molecule has 2 atom stereocenters. The van der Waals surface area contributed by atoms with Crippen LogP contribution in [0.25, 0.3) is 0 Å². The van der Waals surface area contributed by atoms with Crippen LogP contribution in [0.4, 0.5) is 19.0 Å². The fourth-order valence-electron chi connectivity index (χ4n) is 3.00. The fraction of sp³-hybridized carbons (Fsp3) is 0.412. The second-order valence-electron chi connectivity index (χ2n) is 6.14. The number of carbonyl (C=O) groups excluding carboxylic acids is 1. The summed E-state index contributed by atoms with van der Waals surface area (Å²) in [5.74, 6) is -0.440. The topological polar surface area (TPSA) is 68.2 Å². The van der Waals surface area contributed by atoms with E-state index in [1.165, 1.54) is 7.11 Å². The molecule has 10 heteroatoms. The van der Waals surface area contributed by atoms with Crippen molar-refractivity contribution in [2.75, 3.05) is 25.6 Å². The second-order valence-corrected chi connectivity index (χ2v) is 7.06. The number of halogens is 4. The van der Waals surface area contributed by atoms with Gasteiger partial charge in [-0.15, -0.1) is 0 Å². The molecule has 1 aliphatic heterocycles. The molecule has 0 radical (unpaired) electrons. The highest BCUT2D eigenvalue weighted by Gasteiger charge is 2.47. The van der Waals surface area contributed by atoms with Crippen molar-refractivity contribution in [1.82, 2.24) is 15.1 Å². The third kappa shape index (κ3) is 4.27. The Labute approximate surface area is 162 Å². The molecule has 146 valence electrons. The van der Waals surface area contributed by atoms with Crippen molar-refractivity contribution in [3.63, 3.8) is 0 Å². The van der Waals surface area contributed by atoms with E-state index in [-0.39, 0.29) is 24.3 Å². The van der Waals surface area contributed by atoms with Gasteiger partial charge < -0.3 is 15.4 Å². The summed E-state index contributed by atoms with van der Waals surface area (Å²) in [6, 6.07) is 4.62. The molecule has 1 aromatic carbocycles. The van der Waals surface area contributed by atoms with Gasteiger partial charge in [-0.2, -0.15) is 18.3 Å². The first-order valence-corrected chi connectivity index (χ1v) is 9.04. The highest BCUT2D eigenvalue weighted by Crippen LogP contribution is 2.44. The van der Waals surface area contributed by atoms with Crippen molar-refractivity contribution < 1.29 is 22.7 Å². The number of anilines is 1. The third-order valence-electron chi connectivity index (χ3n) is 4.35. The largest absolute Gasteiger partial charge is 0.410 e. The molecule has 2 aromatic rings. The van der Waals surface area contributed by atoms with Gasteiger partial charge in [0.2, 0.25) is 0 Å². The van der Waals surface area contributed by atoms with Gasteiger partial charge in [-0.3, -0.25) is 4.79 Å². The van der Waals surface area contributed by atoms with Crippen LogP contribution in [-0.2, 0) is 4.74 Å². The maximum atomic E-state index is 13.6. The molecule has 3 rings (SSSR count). The summed E-state index contributed by atoms with van der Waals surface area (Å²) >= 11 is 3.32. The SMILES string of the molecule is COCCNC(=O)c1cnn2c1N[C@@H](c1ccc(Br)cc1)C[C@H]2C(F)(F)F. The quantitative estimate of drug-likeness (QED) is 0.687. The maximum absolute atomic E-state index is 13.6. The number of aromatic nitrogens is 2. The average Bonchev–Trinajstić information content (AvgIpc) is 3.04. The highest BCUT2D eigenvalue weighted by molar-refractivity contribution is 9.10. The van der Waals surface area contributed by atoms with Crippen LogP contribution in [-0.4, -0.2) is 42.1 Å². The predicted octanol–water partition coefficient (Wildman–Crippen LogP) is 3.68. The Bertz CT molecular complexity index is 808. The number of hydrogen-bond donors (Lipinski definition) is 2. The summed E-state index contributed by atoms with van der Waals surface area (Å²) in [6.07, 6.45) is -3.54. The molecule has 27 heavy (non-hydrogen) atoms. The Kier molecular flexibility index (Phi) is 5.75. The molecule has 0 spiro atoms. The summed E-state index contributed by atoms with van der Waals surface area (Å²) in [6.45, 7) is 0.550. The van der Waals surface area contributed by atoms with Gasteiger partial charge >= 0.3 is 6.18 Å². The van der Waals surface area contributed by atoms with Crippen LogP contribution >= 0.6 is 15.9 Å². The standard InChI is InChI=1S/C17H18BrF3N4O2/c1-27-7-6-22-16(26)12-9-23-25-14(17(19,20)21)8-13(24-15(12)25)10-2-4-11(18)5-3-10/h2-5,9,13-14,24H,6-8H2,1H3,(H,22,26)/t13-,14+/m1/s1. The molecule has 0 bridgehead atoms. The Hall–Kier alpha value is -2.07. The Morgan fingerprint density at radius 2 is 2.11 bits per heavy atom. The number of amides is 1. The molecule has 1 aromatic heterocycles. The number of nitrogens with one attached hydrogen (secondary N) is 2. The Balaban J connectivity index is 1.93. The van der Waals surface area contributed by atoms with E-state index in [4.69, 9.17) is 4.74 Å². The zero-order valence-electron chi connectivity index (χ0n) is 14.4. The molecule has 0 aliphatic carbocycles. The van der Waals surface area contributed by atoms with Crippen molar-refractivity contribution in [2.24, 2.45) is 0 Å². The van der Waals surface area contributed by atoms with Gasteiger partial charge in [0, 0.05) is 24.5 Å². The first-order valence-electron chi connectivity index (χ1n) is 8.24. The number of hydrogen-bond acceptors (Lipinski definition) is 4. The van der Waals surface area contributed by atoms with Crippen LogP contribution in [0.1, 0.15) is 34.4 Å². The smallest absolute Gasteiger partial charge is 0.383 e. The second kappa shape index (κ2) is 7.89. The van der Waals surface area contributed by atoms with Crippen molar-refractivity contribution in [3.05, 3.63) is 46.1 Å². The molecule has 0 saturated heterocycles. The van der Waals surface area contributed by atoms with Crippen LogP contribution in [0.15, 0.2) is 34.9 Å². The van der Waals surface area contributed by atoms with Crippen LogP contribution in [0.2, 0.25) is 0 Å². The van der Waals surface area contributed by atoms with Crippen LogP contribution in [0.5, 0.6) is 0 Å². The van der Waals surface area contributed by atoms with Crippen LogP contribution in [0.3, 0.4) is 0 Å². The predicted molar refractivity (Wildman–Crippen MR) is 96.7 cm³/mol. The zero-order chi connectivity index (χ0) is 19.6. The molecule has 0 fully saturated rings. The zero-order valence-corrected chi connectivity index (χ0v) is 16.0. The van der Waals surface area contributed by atoms with E-state index in [1.807, 2.05) is 0 Å². The molecule has 0 unspecified atom stereocenters. The first kappa shape index (κ1) is 19.7. The fourth-order valence-corrected chi connectivity index (χ4v) is 3.27. The summed E-state index contributed by atoms with van der Waals surface area (Å²) in [7, 11) is 1.49. The monoisotopic (exact) mass is 446 g/mol. The number of alkyl halides is 3. The minimum Gasteiger partial charge on any atom is -0.383 e. The molecule has 2 heterocycles. The van der Waals surface area contributed by atoms with Crippen molar-refractivity contribution in [3.8, 4) is 0 Å². The van der Waals surface area contributed by atoms with Gasteiger partial charge in [-0.25, -0.2) is 4.68 Å². The highest BCUT2D eigenvalue weighted by atomic mass is 79.9. The Morgan fingerprint density at radius 3 is 2.74 bits per heavy atom. The minimum atomic E-state index is -4.49. The number of rotatable bonds is 5. The van der Waals surface area contributed by atoms with Crippen LogP contribution < -0.4 is 10.6 Å².